The van der Waals surface area contributed by atoms with Crippen molar-refractivity contribution >= 4 is 11.6 Å². The maximum absolute atomic E-state index is 13.0. The van der Waals surface area contributed by atoms with Crippen LogP contribution in [0.5, 0.6) is 5.75 Å². The predicted octanol–water partition coefficient (Wildman–Crippen LogP) is 3.05. The Morgan fingerprint density at radius 2 is 2.03 bits per heavy atom. The molecule has 2 fully saturated rings. The summed E-state index contributed by atoms with van der Waals surface area (Å²) in [6.45, 7) is 1.29. The van der Waals surface area contributed by atoms with Crippen molar-refractivity contribution in [3.63, 3.8) is 0 Å². The van der Waals surface area contributed by atoms with Crippen LogP contribution >= 0.6 is 0 Å². The number of amides is 1. The van der Waals surface area contributed by atoms with Crippen LogP contribution in [0.2, 0.25) is 0 Å². The highest BCUT2D eigenvalue weighted by Crippen LogP contribution is 2.33. The summed E-state index contributed by atoms with van der Waals surface area (Å²) >= 11 is 0. The highest BCUT2D eigenvalue weighted by molar-refractivity contribution is 5.96. The lowest BCUT2D eigenvalue weighted by Gasteiger charge is -2.30. The fourth-order valence-corrected chi connectivity index (χ4v) is 3.81. The summed E-state index contributed by atoms with van der Waals surface area (Å²) in [6, 6.07) is 10.8. The molecule has 1 aromatic heterocycles. The van der Waals surface area contributed by atoms with Gasteiger partial charge in [-0.15, -0.1) is 0 Å². The first-order valence-corrected chi connectivity index (χ1v) is 11.2. The Hall–Kier alpha value is -3.70. The molecule has 2 aromatic rings. The molecule has 8 heteroatoms. The number of likely N-dealkylation sites (tertiary alicyclic amines) is 1. The van der Waals surface area contributed by atoms with Gasteiger partial charge in [-0.2, -0.15) is 5.26 Å². The highest BCUT2D eigenvalue weighted by Gasteiger charge is 2.26. The Labute approximate surface area is 193 Å². The summed E-state index contributed by atoms with van der Waals surface area (Å²) in [5, 5.41) is 20.5. The van der Waals surface area contributed by atoms with Gasteiger partial charge in [0.1, 0.15) is 5.75 Å². The Bertz CT molecular complexity index is 1120. The number of piperidine rings is 1. The van der Waals surface area contributed by atoms with Crippen LogP contribution in [-0.4, -0.2) is 47.7 Å². The Balaban J connectivity index is 1.63. The molecule has 33 heavy (non-hydrogen) atoms. The normalized spacial score (nSPS) is 16.8. The smallest absolute Gasteiger partial charge is 0.253 e. The number of benzene rings is 1. The van der Waals surface area contributed by atoms with Gasteiger partial charge in [0.25, 0.3) is 5.91 Å². The van der Waals surface area contributed by atoms with E-state index in [1.807, 2.05) is 4.90 Å². The second kappa shape index (κ2) is 9.84. The van der Waals surface area contributed by atoms with E-state index in [9.17, 15) is 10.1 Å². The van der Waals surface area contributed by atoms with Gasteiger partial charge in [0.15, 0.2) is 5.88 Å². The fourth-order valence-electron chi connectivity index (χ4n) is 3.81. The molecule has 0 radical (unpaired) electrons. The molecule has 170 valence electrons. The maximum Gasteiger partial charge on any atom is 0.253 e. The Morgan fingerprint density at radius 3 is 2.70 bits per heavy atom. The van der Waals surface area contributed by atoms with Crippen LogP contribution in [0.4, 0.5) is 0 Å². The molecule has 1 saturated heterocycles. The molecule has 1 aliphatic carbocycles. The van der Waals surface area contributed by atoms with E-state index >= 15 is 0 Å². The third-order valence-electron chi connectivity index (χ3n) is 5.99. The van der Waals surface area contributed by atoms with Crippen molar-refractivity contribution in [2.45, 2.75) is 31.7 Å². The molecule has 8 nitrogen and oxygen atoms in total. The summed E-state index contributed by atoms with van der Waals surface area (Å²) in [5.41, 5.74) is 8.70. The van der Waals surface area contributed by atoms with E-state index in [2.05, 4.69) is 16.4 Å². The summed E-state index contributed by atoms with van der Waals surface area (Å²) in [6.07, 6.45) is 6.93. The summed E-state index contributed by atoms with van der Waals surface area (Å²) in [5.74, 6) is 1.09. The van der Waals surface area contributed by atoms with E-state index in [0.29, 0.717) is 52.8 Å². The minimum absolute atomic E-state index is 0.0460. The van der Waals surface area contributed by atoms with Gasteiger partial charge in [-0.25, -0.2) is 0 Å². The molecular weight excluding hydrogens is 416 g/mol. The number of nitriles is 1. The number of carbonyl (C=O) groups is 1. The number of allylic oxidation sites excluding steroid dienone is 1. The number of carbonyl (C=O) groups excluding carboxylic acids is 1. The van der Waals surface area contributed by atoms with Gasteiger partial charge in [0.05, 0.1) is 17.3 Å². The van der Waals surface area contributed by atoms with E-state index in [4.69, 9.17) is 15.9 Å². The number of hydrogen-bond donors (Lipinski definition) is 3. The number of ether oxygens (including phenoxy) is 1. The predicted molar refractivity (Wildman–Crippen MR) is 126 cm³/mol. The average molecular weight is 445 g/mol. The first kappa shape index (κ1) is 22.5. The zero-order valence-corrected chi connectivity index (χ0v) is 18.7. The van der Waals surface area contributed by atoms with Gasteiger partial charge < -0.3 is 26.1 Å². The van der Waals surface area contributed by atoms with Gasteiger partial charge in [-0.1, -0.05) is 0 Å². The van der Waals surface area contributed by atoms with Gasteiger partial charge >= 0.3 is 0 Å². The molecule has 2 aliphatic rings. The molecule has 1 amide bonds. The third-order valence-corrected chi connectivity index (χ3v) is 5.99. The number of rotatable bonds is 7. The second-order valence-electron chi connectivity index (χ2n) is 8.47. The van der Waals surface area contributed by atoms with Crippen molar-refractivity contribution in [3.05, 3.63) is 59.6 Å². The largest absolute Gasteiger partial charge is 0.441 e. The molecule has 1 aliphatic heterocycles. The number of pyridine rings is 1. The maximum atomic E-state index is 13.0. The van der Waals surface area contributed by atoms with Crippen molar-refractivity contribution in [2.24, 2.45) is 11.7 Å². The zero-order valence-electron chi connectivity index (χ0n) is 18.7. The van der Waals surface area contributed by atoms with E-state index in [-0.39, 0.29) is 17.9 Å². The molecule has 0 spiro atoms. The lowest BCUT2D eigenvalue weighted by Crippen LogP contribution is -2.42. The van der Waals surface area contributed by atoms with Crippen LogP contribution in [0.1, 0.15) is 41.6 Å². The molecular formula is C25H28N6O2. The number of aromatic nitrogens is 1. The molecule has 1 aromatic carbocycles. The summed E-state index contributed by atoms with van der Waals surface area (Å²) in [4.78, 5) is 19.3. The van der Waals surface area contributed by atoms with Crippen molar-refractivity contribution in [3.8, 4) is 23.1 Å². The van der Waals surface area contributed by atoms with Crippen LogP contribution in [0, 0.1) is 22.7 Å². The standard InChI is InChI=1S/C25H28N6O2/c1-29-24(14-21(28)17-3-4-17)33-23-12-16(15-26)2-5-20(23)22-13-18(6-9-30-22)25(32)31-10-7-19(27)8-11-31/h2,5-6,9,12-14,17,19,28-29H,3-4,7-8,10-11,27H2,1H3/b24-14+,28-21?. The minimum Gasteiger partial charge on any atom is -0.441 e. The van der Waals surface area contributed by atoms with Gasteiger partial charge in [0, 0.05) is 61.2 Å². The van der Waals surface area contributed by atoms with Gasteiger partial charge in [0.2, 0.25) is 0 Å². The molecule has 1 saturated carbocycles. The van der Waals surface area contributed by atoms with E-state index in [1.54, 1.807) is 49.7 Å². The van der Waals surface area contributed by atoms with Crippen LogP contribution < -0.4 is 15.8 Å². The molecule has 0 bridgehead atoms. The lowest BCUT2D eigenvalue weighted by molar-refractivity contribution is 0.0714. The molecule has 2 heterocycles. The van der Waals surface area contributed by atoms with Crippen LogP contribution in [0.3, 0.4) is 0 Å². The zero-order chi connectivity index (χ0) is 23.4. The Morgan fingerprint density at radius 1 is 1.27 bits per heavy atom. The van der Waals surface area contributed by atoms with Crippen molar-refractivity contribution < 1.29 is 9.53 Å². The van der Waals surface area contributed by atoms with Gasteiger partial charge in [-0.3, -0.25) is 9.78 Å². The number of nitrogens with one attached hydrogen (secondary N) is 2. The summed E-state index contributed by atoms with van der Waals surface area (Å²) in [7, 11) is 1.72. The van der Waals surface area contributed by atoms with Crippen molar-refractivity contribution in [2.75, 3.05) is 20.1 Å². The quantitative estimate of drug-likeness (QED) is 0.445. The summed E-state index contributed by atoms with van der Waals surface area (Å²) < 4.78 is 6.08. The topological polar surface area (TPSA) is 128 Å². The van der Waals surface area contributed by atoms with E-state index in [1.165, 1.54) is 0 Å². The highest BCUT2D eigenvalue weighted by atomic mass is 16.5. The monoisotopic (exact) mass is 444 g/mol. The number of nitrogens with two attached hydrogens (primary N) is 1. The van der Waals surface area contributed by atoms with Gasteiger partial charge in [-0.05, 0) is 56.0 Å². The molecule has 4 N–H and O–H groups in total. The van der Waals surface area contributed by atoms with E-state index in [0.717, 1.165) is 25.7 Å². The fraction of sp³-hybridized carbons (Fsp3) is 0.360. The minimum atomic E-state index is -0.0460. The van der Waals surface area contributed by atoms with E-state index < -0.39 is 0 Å². The first-order valence-electron chi connectivity index (χ1n) is 11.2. The third kappa shape index (κ3) is 5.38. The molecule has 0 atom stereocenters. The van der Waals surface area contributed by atoms with Crippen LogP contribution in [0.15, 0.2) is 48.5 Å². The lowest BCUT2D eigenvalue weighted by atomic mass is 10.0. The SMILES string of the molecule is CN/C(=C\C(=N)C1CC1)Oc1cc(C#N)ccc1-c1cc(C(=O)N2CCC(N)CC2)ccn1. The van der Waals surface area contributed by atoms with Crippen LogP contribution in [-0.2, 0) is 0 Å². The first-order chi connectivity index (χ1) is 16.0. The average Bonchev–Trinajstić information content (AvgIpc) is 3.69. The van der Waals surface area contributed by atoms with Crippen molar-refractivity contribution in [1.82, 2.24) is 15.2 Å². The second-order valence-corrected chi connectivity index (χ2v) is 8.47. The number of hydrogen-bond acceptors (Lipinski definition) is 7. The Kier molecular flexibility index (Phi) is 6.71. The van der Waals surface area contributed by atoms with Crippen molar-refractivity contribution in [1.29, 1.82) is 10.7 Å². The molecule has 0 unspecified atom stereocenters. The molecule has 4 rings (SSSR count). The van der Waals surface area contributed by atoms with Crippen LogP contribution in [0.25, 0.3) is 11.3 Å². The number of nitrogens with zero attached hydrogens (tertiary/aromatic N) is 3.